The van der Waals surface area contributed by atoms with Gasteiger partial charge in [0.15, 0.2) is 0 Å². The second-order valence-electron chi connectivity index (χ2n) is 4.39. The van der Waals surface area contributed by atoms with Gasteiger partial charge in [-0.25, -0.2) is 0 Å². The van der Waals surface area contributed by atoms with Gasteiger partial charge in [-0.1, -0.05) is 0 Å². The number of aryl methyl sites for hydroxylation is 1. The number of rotatable bonds is 4. The molecule has 0 aliphatic heterocycles. The topological polar surface area (TPSA) is 57.3 Å². The lowest BCUT2D eigenvalue weighted by molar-refractivity contribution is 0.284. The highest BCUT2D eigenvalue weighted by Crippen LogP contribution is 2.09. The Hall–Kier alpha value is -2.04. The quantitative estimate of drug-likeness (QED) is 0.833. The molecule has 0 fully saturated rings. The summed E-state index contributed by atoms with van der Waals surface area (Å²) < 4.78 is 12.4. The van der Waals surface area contributed by atoms with Gasteiger partial charge in [0.05, 0.1) is 5.69 Å². The number of ether oxygens (including phenoxy) is 1. The van der Waals surface area contributed by atoms with Crippen molar-refractivity contribution in [3.05, 3.63) is 46.3 Å². The predicted octanol–water partition coefficient (Wildman–Crippen LogP) is 2.30. The lowest BCUT2D eigenvalue weighted by Crippen LogP contribution is -2.08. The van der Waals surface area contributed by atoms with Crippen molar-refractivity contribution in [1.82, 2.24) is 9.78 Å². The van der Waals surface area contributed by atoms with Crippen LogP contribution >= 0.6 is 0 Å². The Morgan fingerprint density at radius 3 is 2.89 bits per heavy atom. The molecule has 5 heteroatoms. The molecule has 0 saturated heterocycles. The molecule has 5 nitrogen and oxygen atoms in total. The fourth-order valence-corrected chi connectivity index (χ4v) is 1.49. The minimum Gasteiger partial charge on any atom is -0.480 e. The monoisotopic (exact) mass is 248 g/mol. The van der Waals surface area contributed by atoms with Gasteiger partial charge >= 0.3 is 0 Å². The molecule has 2 heterocycles. The van der Waals surface area contributed by atoms with E-state index in [1.807, 2.05) is 30.8 Å². The third-order valence-electron chi connectivity index (χ3n) is 2.50. The van der Waals surface area contributed by atoms with Crippen LogP contribution in [0.3, 0.4) is 0 Å². The Kier molecular flexibility index (Phi) is 3.50. The van der Waals surface area contributed by atoms with E-state index in [-0.39, 0.29) is 17.8 Å². The zero-order valence-corrected chi connectivity index (χ0v) is 10.7. The summed E-state index contributed by atoms with van der Waals surface area (Å²) in [5, 5.41) is 4.33. The van der Waals surface area contributed by atoms with E-state index in [9.17, 15) is 4.79 Å². The number of nitrogens with zero attached hydrogens (tertiary/aromatic N) is 2. The summed E-state index contributed by atoms with van der Waals surface area (Å²) in [4.78, 5) is 11.6. The van der Waals surface area contributed by atoms with Crippen molar-refractivity contribution in [2.75, 3.05) is 0 Å². The maximum Gasteiger partial charge on any atom is 0.226 e. The second-order valence-corrected chi connectivity index (χ2v) is 4.39. The Labute approximate surface area is 105 Å². The lowest BCUT2D eigenvalue weighted by atomic mass is 10.4. The first-order chi connectivity index (χ1) is 8.56. The Bertz CT molecular complexity index is 584. The van der Waals surface area contributed by atoms with Gasteiger partial charge in [-0.05, 0) is 26.8 Å². The van der Waals surface area contributed by atoms with E-state index in [2.05, 4.69) is 5.10 Å². The lowest BCUT2D eigenvalue weighted by Gasteiger charge is -2.05. The minimum atomic E-state index is -0.179. The minimum absolute atomic E-state index is 0.179. The first-order valence-corrected chi connectivity index (χ1v) is 5.82. The molecule has 96 valence electrons. The molecule has 0 N–H and O–H groups in total. The van der Waals surface area contributed by atoms with Gasteiger partial charge in [0.25, 0.3) is 0 Å². The Morgan fingerprint density at radius 2 is 2.28 bits per heavy atom. The van der Waals surface area contributed by atoms with Crippen LogP contribution in [0.4, 0.5) is 0 Å². The molecular formula is C13H16N2O3. The molecule has 0 aromatic carbocycles. The van der Waals surface area contributed by atoms with Gasteiger partial charge in [-0.15, -0.1) is 0 Å². The van der Waals surface area contributed by atoms with Crippen molar-refractivity contribution in [3.63, 3.8) is 0 Å². The number of hydrogen-bond donors (Lipinski definition) is 0. The van der Waals surface area contributed by atoms with Crippen LogP contribution in [0.5, 0.6) is 5.75 Å². The first-order valence-electron chi connectivity index (χ1n) is 5.82. The Morgan fingerprint density at radius 1 is 1.50 bits per heavy atom. The normalized spacial score (nSPS) is 10.9. The van der Waals surface area contributed by atoms with Gasteiger partial charge in [0.1, 0.15) is 18.6 Å². The molecule has 0 saturated carbocycles. The summed E-state index contributed by atoms with van der Waals surface area (Å²) in [7, 11) is 0. The molecule has 2 aromatic rings. The van der Waals surface area contributed by atoms with Gasteiger partial charge in [-0.3, -0.25) is 9.48 Å². The highest BCUT2D eigenvalue weighted by molar-refractivity contribution is 5.17. The van der Waals surface area contributed by atoms with E-state index in [0.29, 0.717) is 11.8 Å². The third kappa shape index (κ3) is 2.80. The van der Waals surface area contributed by atoms with Gasteiger partial charge in [-0.2, -0.15) is 5.10 Å². The molecule has 18 heavy (non-hydrogen) atoms. The predicted molar refractivity (Wildman–Crippen MR) is 66.7 cm³/mol. The highest BCUT2D eigenvalue weighted by Gasteiger charge is 2.06. The molecule has 2 aromatic heterocycles. The standard InChI is InChI=1S/C13H16N2O3/c1-9(2)15-5-4-11(14-15)7-18-13-8-17-10(3)6-12(13)16/h4-6,8-9H,7H2,1-3H3. The zero-order valence-electron chi connectivity index (χ0n) is 10.7. The van der Waals surface area contributed by atoms with E-state index in [1.54, 1.807) is 6.92 Å². The van der Waals surface area contributed by atoms with E-state index >= 15 is 0 Å². The molecule has 0 bridgehead atoms. The van der Waals surface area contributed by atoms with E-state index in [4.69, 9.17) is 9.15 Å². The van der Waals surface area contributed by atoms with Crippen molar-refractivity contribution < 1.29 is 9.15 Å². The molecule has 0 radical (unpaired) electrons. The maximum absolute atomic E-state index is 11.6. The summed E-state index contributed by atoms with van der Waals surface area (Å²) in [6.07, 6.45) is 3.22. The summed E-state index contributed by atoms with van der Waals surface area (Å²) >= 11 is 0. The molecule has 2 rings (SSSR count). The van der Waals surface area contributed by atoms with Gasteiger partial charge in [0.2, 0.25) is 11.2 Å². The summed E-state index contributed by atoms with van der Waals surface area (Å²) in [5.74, 6) is 0.774. The molecule has 0 amide bonds. The molecule has 0 aliphatic rings. The van der Waals surface area contributed by atoms with Crippen LogP contribution < -0.4 is 10.2 Å². The van der Waals surface area contributed by atoms with E-state index < -0.39 is 0 Å². The van der Waals surface area contributed by atoms with Crippen molar-refractivity contribution >= 4 is 0 Å². The molecule has 0 aliphatic carbocycles. The van der Waals surface area contributed by atoms with Gasteiger partial charge in [0, 0.05) is 18.3 Å². The van der Waals surface area contributed by atoms with Crippen molar-refractivity contribution in [2.24, 2.45) is 0 Å². The fraction of sp³-hybridized carbons (Fsp3) is 0.385. The highest BCUT2D eigenvalue weighted by atomic mass is 16.5. The van der Waals surface area contributed by atoms with Gasteiger partial charge < -0.3 is 9.15 Å². The largest absolute Gasteiger partial charge is 0.480 e. The van der Waals surface area contributed by atoms with Crippen molar-refractivity contribution in [3.8, 4) is 5.75 Å². The van der Waals surface area contributed by atoms with Crippen LogP contribution in [0.1, 0.15) is 31.3 Å². The maximum atomic E-state index is 11.6. The van der Waals surface area contributed by atoms with Crippen LogP contribution in [-0.2, 0) is 6.61 Å². The van der Waals surface area contributed by atoms with Crippen molar-refractivity contribution in [2.45, 2.75) is 33.4 Å². The first kappa shape index (κ1) is 12.4. The van der Waals surface area contributed by atoms with E-state index in [1.165, 1.54) is 12.3 Å². The third-order valence-corrected chi connectivity index (χ3v) is 2.50. The van der Waals surface area contributed by atoms with Crippen LogP contribution in [0.15, 0.2) is 33.8 Å². The summed E-state index contributed by atoms with van der Waals surface area (Å²) in [6.45, 7) is 6.07. The van der Waals surface area contributed by atoms with E-state index in [0.717, 1.165) is 5.69 Å². The summed E-state index contributed by atoms with van der Waals surface area (Å²) in [5.41, 5.74) is 0.603. The number of hydrogen-bond acceptors (Lipinski definition) is 4. The smallest absolute Gasteiger partial charge is 0.226 e. The summed E-state index contributed by atoms with van der Waals surface area (Å²) in [6, 6.07) is 3.58. The molecular weight excluding hydrogens is 232 g/mol. The number of aromatic nitrogens is 2. The molecule has 0 unspecified atom stereocenters. The zero-order chi connectivity index (χ0) is 13.1. The Balaban J connectivity index is 2.04. The average molecular weight is 248 g/mol. The molecule has 0 atom stereocenters. The van der Waals surface area contributed by atoms with Crippen LogP contribution in [-0.4, -0.2) is 9.78 Å². The van der Waals surface area contributed by atoms with Crippen LogP contribution in [0, 0.1) is 6.92 Å². The average Bonchev–Trinajstić information content (AvgIpc) is 2.76. The van der Waals surface area contributed by atoms with Crippen LogP contribution in [0.25, 0.3) is 0 Å². The SMILES string of the molecule is Cc1cc(=O)c(OCc2ccn(C(C)C)n2)co1. The fourth-order valence-electron chi connectivity index (χ4n) is 1.49. The van der Waals surface area contributed by atoms with Crippen molar-refractivity contribution in [1.29, 1.82) is 0 Å². The second kappa shape index (κ2) is 5.08. The molecule has 0 spiro atoms. The van der Waals surface area contributed by atoms with Crippen LogP contribution in [0.2, 0.25) is 0 Å².